The predicted octanol–water partition coefficient (Wildman–Crippen LogP) is 3.50. The quantitative estimate of drug-likeness (QED) is 0.184. The number of para-hydroxylation sites is 1. The van der Waals surface area contributed by atoms with Crippen molar-refractivity contribution in [3.63, 3.8) is 0 Å². The third kappa shape index (κ3) is 5.48. The van der Waals surface area contributed by atoms with E-state index in [1.165, 1.54) is 11.0 Å². The molecule has 0 amide bonds. The molecule has 0 aliphatic heterocycles. The average Bonchev–Trinajstić information content (AvgIpc) is 3.29. The summed E-state index contributed by atoms with van der Waals surface area (Å²) >= 11 is 0. The normalized spacial score (nSPS) is 12.9. The number of nitrogens with two attached hydrogens (primary N) is 1. The fraction of sp³-hybridized carbons (Fsp3) is 0.217. The van der Waals surface area contributed by atoms with Crippen LogP contribution < -0.4 is 10.4 Å². The molecule has 2 aromatic heterocycles. The predicted molar refractivity (Wildman–Crippen MR) is 129 cm³/mol. The first-order chi connectivity index (χ1) is 16.6. The molecule has 1 unspecified atom stereocenters. The monoisotopic (exact) mass is 480 g/mol. The maximum absolute atomic E-state index is 14.1. The Balaban J connectivity index is 1.49. The van der Waals surface area contributed by atoms with Crippen molar-refractivity contribution in [2.45, 2.75) is 13.2 Å². The number of aldehydes is 1. The first kappa shape index (κ1) is 23.6. The second-order valence-electron chi connectivity index (χ2n) is 7.39. The Labute approximate surface area is 196 Å². The van der Waals surface area contributed by atoms with E-state index in [0.29, 0.717) is 35.5 Å². The highest BCUT2D eigenvalue weighted by atomic mass is 31.2. The molecular weight excluding hydrogens is 455 g/mol. The van der Waals surface area contributed by atoms with Gasteiger partial charge in [0.05, 0.1) is 26.1 Å². The van der Waals surface area contributed by atoms with Gasteiger partial charge in [-0.05, 0) is 17.7 Å². The molecule has 0 saturated heterocycles. The maximum atomic E-state index is 14.1. The van der Waals surface area contributed by atoms with Crippen molar-refractivity contribution >= 4 is 36.5 Å². The fourth-order valence-corrected chi connectivity index (χ4v) is 5.27. The molecular formula is C23H25N6O4P. The Bertz CT molecular complexity index is 1270. The molecule has 2 heterocycles. The second kappa shape index (κ2) is 11.0. The summed E-state index contributed by atoms with van der Waals surface area (Å²) in [5.74, 6) is 0.302. The number of nitrogen functional groups attached to an aromatic ring is 1. The number of aromatic nitrogens is 4. The number of fused-ring (bicyclic) bond motifs is 1. The molecule has 34 heavy (non-hydrogen) atoms. The summed E-state index contributed by atoms with van der Waals surface area (Å²) in [7, 11) is -3.59. The number of ether oxygens (including phenoxy) is 1. The molecule has 0 bridgehead atoms. The highest BCUT2D eigenvalue weighted by Gasteiger charge is 2.33. The number of nitrogens with zero attached hydrogens (tertiary/aromatic N) is 5. The lowest BCUT2D eigenvalue weighted by Crippen LogP contribution is -2.26. The van der Waals surface area contributed by atoms with E-state index in [4.69, 9.17) is 15.0 Å². The van der Waals surface area contributed by atoms with Crippen molar-refractivity contribution in [2.24, 2.45) is 0 Å². The van der Waals surface area contributed by atoms with Crippen molar-refractivity contribution in [3.05, 3.63) is 78.9 Å². The zero-order chi connectivity index (χ0) is 23.8. The summed E-state index contributed by atoms with van der Waals surface area (Å²) in [6.07, 6.45) is 3.48. The van der Waals surface area contributed by atoms with Crippen LogP contribution in [0.2, 0.25) is 0 Å². The molecule has 176 valence electrons. The third-order valence-electron chi connectivity index (χ3n) is 5.11. The van der Waals surface area contributed by atoms with Crippen LogP contribution in [0.4, 0.5) is 11.5 Å². The van der Waals surface area contributed by atoms with Crippen molar-refractivity contribution in [2.75, 3.05) is 29.9 Å². The first-order valence-electron chi connectivity index (χ1n) is 10.6. The molecule has 0 aliphatic carbocycles. The van der Waals surface area contributed by atoms with E-state index in [9.17, 15) is 9.36 Å². The van der Waals surface area contributed by atoms with Crippen LogP contribution in [0.15, 0.2) is 73.3 Å². The summed E-state index contributed by atoms with van der Waals surface area (Å²) in [5, 5.41) is 0. The van der Waals surface area contributed by atoms with Gasteiger partial charge in [0, 0.05) is 12.2 Å². The van der Waals surface area contributed by atoms with E-state index in [0.717, 1.165) is 5.56 Å². The van der Waals surface area contributed by atoms with Gasteiger partial charge in [-0.1, -0.05) is 48.5 Å². The minimum atomic E-state index is -3.59. The Hall–Kier alpha value is -3.59. The largest absolute Gasteiger partial charge is 0.382 e. The van der Waals surface area contributed by atoms with Gasteiger partial charge in [0.2, 0.25) is 0 Å². The van der Waals surface area contributed by atoms with E-state index in [-0.39, 0.29) is 26.1 Å². The molecule has 2 N–H and O–H groups in total. The topological polar surface area (TPSA) is 125 Å². The number of hydrogen-bond acceptors (Lipinski definition) is 8. The van der Waals surface area contributed by atoms with Gasteiger partial charge in [0.1, 0.15) is 24.5 Å². The number of rotatable bonds is 12. The molecule has 4 aromatic rings. The van der Waals surface area contributed by atoms with Crippen molar-refractivity contribution in [1.82, 2.24) is 19.5 Å². The number of benzene rings is 2. The number of imidazole rings is 1. The summed E-state index contributed by atoms with van der Waals surface area (Å²) in [4.78, 5) is 23.8. The number of carbonyl (C=O) groups is 1. The Kier molecular flexibility index (Phi) is 7.64. The van der Waals surface area contributed by atoms with E-state index in [1.807, 2.05) is 48.5 Å². The molecule has 4 rings (SSSR count). The van der Waals surface area contributed by atoms with Gasteiger partial charge in [-0.15, -0.1) is 0 Å². The zero-order valence-electron chi connectivity index (χ0n) is 18.4. The lowest BCUT2D eigenvalue weighted by molar-refractivity contribution is -0.106. The van der Waals surface area contributed by atoms with E-state index < -0.39 is 7.52 Å². The van der Waals surface area contributed by atoms with Crippen molar-refractivity contribution in [3.8, 4) is 0 Å². The second-order valence-corrected chi connectivity index (χ2v) is 9.66. The van der Waals surface area contributed by atoms with E-state index in [1.54, 1.807) is 23.0 Å². The molecule has 0 radical (unpaired) electrons. The van der Waals surface area contributed by atoms with Gasteiger partial charge in [-0.25, -0.2) is 15.0 Å². The number of hydrogen-bond donors (Lipinski definition) is 1. The van der Waals surface area contributed by atoms with Crippen molar-refractivity contribution in [1.29, 1.82) is 0 Å². The van der Waals surface area contributed by atoms with E-state index >= 15 is 0 Å². The lowest BCUT2D eigenvalue weighted by atomic mass is 10.2. The van der Waals surface area contributed by atoms with Crippen LogP contribution in [0.25, 0.3) is 11.2 Å². The van der Waals surface area contributed by atoms with Crippen LogP contribution in [0.1, 0.15) is 5.56 Å². The Morgan fingerprint density at radius 1 is 1.03 bits per heavy atom. The van der Waals surface area contributed by atoms with Crippen LogP contribution in [0.3, 0.4) is 0 Å². The zero-order valence-corrected chi connectivity index (χ0v) is 19.3. The molecule has 11 heteroatoms. The number of carbonyl (C=O) groups excluding carboxylic acids is 1. The fourth-order valence-electron chi connectivity index (χ4n) is 3.41. The molecule has 0 saturated carbocycles. The van der Waals surface area contributed by atoms with Gasteiger partial charge in [0.25, 0.3) is 0 Å². The van der Waals surface area contributed by atoms with Crippen LogP contribution in [0.5, 0.6) is 0 Å². The first-order valence-corrected chi connectivity index (χ1v) is 12.4. The summed E-state index contributed by atoms with van der Waals surface area (Å²) in [6, 6.07) is 18.5. The number of anilines is 2. The van der Waals surface area contributed by atoms with Gasteiger partial charge in [0.15, 0.2) is 11.5 Å². The van der Waals surface area contributed by atoms with Crippen LogP contribution in [0, 0.1) is 0 Å². The highest BCUT2D eigenvalue weighted by molar-refractivity contribution is 7.60. The van der Waals surface area contributed by atoms with Gasteiger partial charge in [-0.3, -0.25) is 9.24 Å². The average molecular weight is 480 g/mol. The molecule has 2 aromatic carbocycles. The minimum Gasteiger partial charge on any atom is -0.382 e. The van der Waals surface area contributed by atoms with E-state index in [2.05, 4.69) is 15.0 Å². The SMILES string of the molecule is Nc1ncnc2c1ncn2CCOCP(=O)(OCc1ccccc1)N(CC=O)c1ccccc1. The molecule has 0 spiro atoms. The molecule has 0 aliphatic rings. The van der Waals surface area contributed by atoms with Gasteiger partial charge >= 0.3 is 7.52 Å². The summed E-state index contributed by atoms with van der Waals surface area (Å²) in [6.45, 7) is 0.649. The van der Waals surface area contributed by atoms with Crippen LogP contribution in [-0.4, -0.2) is 45.3 Å². The third-order valence-corrected chi connectivity index (χ3v) is 7.28. The maximum Gasteiger partial charge on any atom is 0.322 e. The van der Waals surface area contributed by atoms with Crippen LogP contribution in [-0.2, 0) is 31.8 Å². The smallest absolute Gasteiger partial charge is 0.322 e. The minimum absolute atomic E-state index is 0.0954. The molecule has 0 fully saturated rings. The van der Waals surface area contributed by atoms with Crippen molar-refractivity contribution < 1.29 is 18.6 Å². The summed E-state index contributed by atoms with van der Waals surface area (Å²) in [5.41, 5.74) is 8.42. The summed E-state index contributed by atoms with van der Waals surface area (Å²) < 4.78 is 29.1. The van der Waals surface area contributed by atoms with Crippen LogP contribution >= 0.6 is 7.52 Å². The lowest BCUT2D eigenvalue weighted by Gasteiger charge is -2.31. The Morgan fingerprint density at radius 3 is 2.50 bits per heavy atom. The molecule has 1 atom stereocenters. The molecule has 10 nitrogen and oxygen atoms in total. The standard InChI is InChI=1S/C23H25N6O4P/c24-22-21-23(26-16-25-22)28(17-27-21)12-14-32-18-34(31,33-15-19-7-3-1-4-8-19)29(11-13-30)20-9-5-2-6-10-20/h1-10,13,16-17H,11-12,14-15,18H2,(H2,24,25,26). The van der Waals surface area contributed by atoms with Gasteiger partial charge < -0.3 is 24.4 Å². The highest BCUT2D eigenvalue weighted by Crippen LogP contribution is 2.53. The Morgan fingerprint density at radius 2 is 1.76 bits per heavy atom. The van der Waals surface area contributed by atoms with Gasteiger partial charge in [-0.2, -0.15) is 0 Å².